The molecule has 2 heterocycles. The van der Waals surface area contributed by atoms with Gasteiger partial charge in [0.05, 0.1) is 13.2 Å². The lowest BCUT2D eigenvalue weighted by atomic mass is 9.95. The number of aryl methyl sites for hydroxylation is 1. The van der Waals surface area contributed by atoms with Gasteiger partial charge in [0.15, 0.2) is 0 Å². The molecule has 1 aromatic carbocycles. The highest BCUT2D eigenvalue weighted by molar-refractivity contribution is 5.79. The Labute approximate surface area is 186 Å². The predicted molar refractivity (Wildman–Crippen MR) is 119 cm³/mol. The van der Waals surface area contributed by atoms with Crippen molar-refractivity contribution in [2.24, 2.45) is 5.92 Å². The first-order valence-electron chi connectivity index (χ1n) is 11.5. The first kappa shape index (κ1) is 23.5. The van der Waals surface area contributed by atoms with E-state index in [2.05, 4.69) is 36.5 Å². The summed E-state index contributed by atoms with van der Waals surface area (Å²) in [5, 5.41) is 3.32. The van der Waals surface area contributed by atoms with Gasteiger partial charge in [-0.15, -0.1) is 0 Å². The predicted octanol–water partition coefficient (Wildman–Crippen LogP) is 1.71. The highest BCUT2D eigenvalue weighted by Crippen LogP contribution is 2.21. The van der Waals surface area contributed by atoms with E-state index >= 15 is 0 Å². The van der Waals surface area contributed by atoms with Crippen LogP contribution < -0.4 is 10.2 Å². The molecule has 1 atom stereocenters. The van der Waals surface area contributed by atoms with E-state index in [4.69, 9.17) is 9.47 Å². The van der Waals surface area contributed by atoms with Crippen LogP contribution >= 0.6 is 0 Å². The number of hydrogen-bond acceptors (Lipinski definition) is 4. The Bertz CT molecular complexity index is 730. The van der Waals surface area contributed by atoms with Gasteiger partial charge >= 0.3 is 6.09 Å². The molecular weight excluding hydrogens is 394 g/mol. The fourth-order valence-electron chi connectivity index (χ4n) is 4.14. The Kier molecular flexibility index (Phi) is 7.94. The van der Waals surface area contributed by atoms with Crippen LogP contribution in [0.5, 0.6) is 0 Å². The zero-order valence-corrected chi connectivity index (χ0v) is 19.4. The molecule has 2 saturated heterocycles. The van der Waals surface area contributed by atoms with E-state index in [-0.39, 0.29) is 24.0 Å². The fourth-order valence-corrected chi connectivity index (χ4v) is 4.14. The monoisotopic (exact) mass is 432 g/mol. The molecular formula is C24H38N3O4+. The smallest absolute Gasteiger partial charge is 0.410 e. The number of hydrogen-bond donors (Lipinski definition) is 2. The molecule has 0 aromatic heterocycles. The van der Waals surface area contributed by atoms with Crippen LogP contribution in [0.15, 0.2) is 24.3 Å². The lowest BCUT2D eigenvalue weighted by molar-refractivity contribution is -0.909. The van der Waals surface area contributed by atoms with Crippen molar-refractivity contribution in [2.45, 2.75) is 52.2 Å². The third-order valence-corrected chi connectivity index (χ3v) is 6.01. The fraction of sp³-hybridized carbons (Fsp3) is 0.667. The van der Waals surface area contributed by atoms with Crippen LogP contribution in [0.1, 0.15) is 50.8 Å². The quantitative estimate of drug-likeness (QED) is 0.743. The molecule has 172 valence electrons. The number of benzene rings is 1. The van der Waals surface area contributed by atoms with Crippen LogP contribution in [-0.2, 0) is 14.3 Å². The van der Waals surface area contributed by atoms with Crippen molar-refractivity contribution >= 4 is 12.0 Å². The molecule has 2 aliphatic heterocycles. The van der Waals surface area contributed by atoms with Gasteiger partial charge in [-0.2, -0.15) is 0 Å². The lowest BCUT2D eigenvalue weighted by Crippen LogP contribution is -3.14. The molecule has 7 heteroatoms. The summed E-state index contributed by atoms with van der Waals surface area (Å²) < 4.78 is 11.0. The number of nitrogens with zero attached hydrogens (tertiary/aromatic N) is 1. The van der Waals surface area contributed by atoms with Crippen molar-refractivity contribution in [1.29, 1.82) is 0 Å². The number of carbonyl (C=O) groups is 2. The van der Waals surface area contributed by atoms with Crippen molar-refractivity contribution in [2.75, 3.05) is 45.9 Å². The molecule has 0 unspecified atom stereocenters. The molecule has 0 bridgehead atoms. The average molecular weight is 433 g/mol. The van der Waals surface area contributed by atoms with E-state index in [0.29, 0.717) is 25.9 Å². The van der Waals surface area contributed by atoms with E-state index in [1.807, 2.05) is 20.8 Å². The normalized spacial score (nSPS) is 19.7. The van der Waals surface area contributed by atoms with Crippen molar-refractivity contribution < 1.29 is 24.0 Å². The number of nitrogens with one attached hydrogen (secondary N) is 2. The van der Waals surface area contributed by atoms with E-state index in [0.717, 1.165) is 38.4 Å². The van der Waals surface area contributed by atoms with E-state index in [1.54, 1.807) is 4.90 Å². The summed E-state index contributed by atoms with van der Waals surface area (Å²) in [5.74, 6) is 0.00778. The summed E-state index contributed by atoms with van der Waals surface area (Å²) in [6.07, 6.45) is 1.03. The maximum Gasteiger partial charge on any atom is 0.410 e. The molecule has 7 nitrogen and oxygen atoms in total. The summed E-state index contributed by atoms with van der Waals surface area (Å²) in [4.78, 5) is 28.6. The highest BCUT2D eigenvalue weighted by Gasteiger charge is 2.32. The second-order valence-electron chi connectivity index (χ2n) is 9.78. The van der Waals surface area contributed by atoms with Crippen molar-refractivity contribution in [1.82, 2.24) is 10.2 Å². The van der Waals surface area contributed by atoms with Crippen LogP contribution in [0.3, 0.4) is 0 Å². The number of piperidine rings is 1. The zero-order chi connectivity index (χ0) is 22.4. The number of rotatable bonds is 5. The molecule has 2 fully saturated rings. The number of morpholine rings is 1. The number of likely N-dealkylation sites (tertiary alicyclic amines) is 1. The summed E-state index contributed by atoms with van der Waals surface area (Å²) in [6.45, 7) is 13.1. The van der Waals surface area contributed by atoms with Gasteiger partial charge < -0.3 is 24.6 Å². The van der Waals surface area contributed by atoms with Gasteiger partial charge in [-0.1, -0.05) is 29.8 Å². The Morgan fingerprint density at radius 2 is 1.77 bits per heavy atom. The molecule has 0 saturated carbocycles. The van der Waals surface area contributed by atoms with Gasteiger partial charge in [-0.3, -0.25) is 4.79 Å². The molecule has 0 radical (unpaired) electrons. The summed E-state index contributed by atoms with van der Waals surface area (Å²) in [6, 6.07) is 8.41. The minimum Gasteiger partial charge on any atom is -0.444 e. The van der Waals surface area contributed by atoms with Crippen LogP contribution in [0.4, 0.5) is 4.79 Å². The minimum atomic E-state index is -0.506. The maximum atomic E-state index is 13.1. The molecule has 0 spiro atoms. The van der Waals surface area contributed by atoms with Gasteiger partial charge in [0.1, 0.15) is 31.3 Å². The molecule has 31 heavy (non-hydrogen) atoms. The van der Waals surface area contributed by atoms with Crippen LogP contribution in [0.2, 0.25) is 0 Å². The summed E-state index contributed by atoms with van der Waals surface area (Å²) in [5.41, 5.74) is 1.85. The molecule has 2 aliphatic rings. The van der Waals surface area contributed by atoms with E-state index in [1.165, 1.54) is 10.5 Å². The second kappa shape index (κ2) is 10.5. The maximum absolute atomic E-state index is 13.1. The van der Waals surface area contributed by atoms with E-state index in [9.17, 15) is 9.59 Å². The average Bonchev–Trinajstić information content (AvgIpc) is 2.73. The third kappa shape index (κ3) is 7.21. The first-order valence-corrected chi connectivity index (χ1v) is 11.5. The molecule has 2 N–H and O–H groups in total. The second-order valence-corrected chi connectivity index (χ2v) is 9.78. The number of carbonyl (C=O) groups excluding carboxylic acids is 2. The third-order valence-electron chi connectivity index (χ3n) is 6.01. The van der Waals surface area contributed by atoms with Crippen molar-refractivity contribution in [3.63, 3.8) is 0 Å². The van der Waals surface area contributed by atoms with Gasteiger partial charge in [0.2, 0.25) is 5.91 Å². The Balaban J connectivity index is 1.58. The molecule has 2 amide bonds. The van der Waals surface area contributed by atoms with Crippen LogP contribution in [-0.4, -0.2) is 68.4 Å². The van der Waals surface area contributed by atoms with Gasteiger partial charge in [0, 0.05) is 19.0 Å². The Morgan fingerprint density at radius 1 is 1.16 bits per heavy atom. The minimum absolute atomic E-state index is 0.0231. The summed E-state index contributed by atoms with van der Waals surface area (Å²) in [7, 11) is 0. The van der Waals surface area contributed by atoms with Gasteiger partial charge in [-0.05, 0) is 46.1 Å². The molecule has 1 aromatic rings. The SMILES string of the molecule is Cc1ccc([C@@H](C[NH+]2CCOCC2)NC(=O)C2CCN(C(=O)OC(C)(C)C)CC2)cc1. The largest absolute Gasteiger partial charge is 0.444 e. The Morgan fingerprint density at radius 3 is 2.35 bits per heavy atom. The Hall–Kier alpha value is -2.12. The first-order chi connectivity index (χ1) is 14.7. The number of amides is 2. The van der Waals surface area contributed by atoms with Crippen molar-refractivity contribution in [3.8, 4) is 0 Å². The molecule has 0 aliphatic carbocycles. The number of quaternary nitrogens is 1. The zero-order valence-electron chi connectivity index (χ0n) is 19.4. The summed E-state index contributed by atoms with van der Waals surface area (Å²) >= 11 is 0. The topological polar surface area (TPSA) is 72.3 Å². The van der Waals surface area contributed by atoms with Crippen molar-refractivity contribution in [3.05, 3.63) is 35.4 Å². The highest BCUT2D eigenvalue weighted by atomic mass is 16.6. The van der Waals surface area contributed by atoms with E-state index < -0.39 is 5.60 Å². The van der Waals surface area contributed by atoms with Gasteiger partial charge in [0.25, 0.3) is 0 Å². The van der Waals surface area contributed by atoms with Crippen LogP contribution in [0, 0.1) is 12.8 Å². The molecule has 3 rings (SSSR count). The number of ether oxygens (including phenoxy) is 2. The lowest BCUT2D eigenvalue weighted by Gasteiger charge is -2.34. The van der Waals surface area contributed by atoms with Crippen LogP contribution in [0.25, 0.3) is 0 Å². The standard InChI is InChI=1S/C24H37N3O4/c1-18-5-7-19(8-6-18)21(17-26-13-15-30-16-14-26)25-22(28)20-9-11-27(12-10-20)23(29)31-24(2,3)4/h5-8,20-21H,9-17H2,1-4H3,(H,25,28)/p+1/t21-/m1/s1. The van der Waals surface area contributed by atoms with Gasteiger partial charge in [-0.25, -0.2) is 4.79 Å².